The van der Waals surface area contributed by atoms with Crippen molar-refractivity contribution in [3.8, 4) is 17.0 Å². The second kappa shape index (κ2) is 9.63. The molecule has 0 unspecified atom stereocenters. The van der Waals surface area contributed by atoms with Gasteiger partial charge in [0.1, 0.15) is 11.6 Å². The Morgan fingerprint density at radius 3 is 2.69 bits per heavy atom. The maximum absolute atomic E-state index is 12.5. The molecule has 0 bridgehead atoms. The Bertz CT molecular complexity index is 1290. The third-order valence-corrected chi connectivity index (χ3v) is 7.38. The summed E-state index contributed by atoms with van der Waals surface area (Å²) in [6, 6.07) is 10.2. The van der Waals surface area contributed by atoms with Crippen molar-refractivity contribution in [1.82, 2.24) is 15.0 Å². The summed E-state index contributed by atoms with van der Waals surface area (Å²) in [6.45, 7) is 6.18. The molecule has 2 aromatic heterocycles. The van der Waals surface area contributed by atoms with Crippen molar-refractivity contribution in [2.75, 3.05) is 56.4 Å². The number of anilines is 2. The highest BCUT2D eigenvalue weighted by Gasteiger charge is 2.27. The molecule has 0 saturated carbocycles. The summed E-state index contributed by atoms with van der Waals surface area (Å²) in [5.74, 6) is 2.30. The van der Waals surface area contributed by atoms with E-state index in [1.165, 1.54) is 0 Å². The minimum Gasteiger partial charge on any atom is -0.492 e. The Hall–Kier alpha value is -3.30. The second-order valence-corrected chi connectivity index (χ2v) is 9.72. The van der Waals surface area contributed by atoms with Gasteiger partial charge in [0.2, 0.25) is 5.95 Å². The molecular formula is C27H31N5O4. The van der Waals surface area contributed by atoms with Crippen LogP contribution in [0.5, 0.6) is 5.75 Å². The lowest BCUT2D eigenvalue weighted by Gasteiger charge is -2.36. The standard InChI is InChI=1S/C27H31N5O4/c1-17-16-35-14-10-32(17)26-20-4-5-22(18-3-6-24-21(15-18)23(33)9-13-36-24)28-25(20)29-27(30-26)31(2)19-7-11-34-12-8-19/h3-6,15,17,19H,7-14,16H2,1-2H3/t17-/m0/s1. The van der Waals surface area contributed by atoms with E-state index in [4.69, 9.17) is 29.2 Å². The number of ketones is 1. The van der Waals surface area contributed by atoms with Gasteiger partial charge in [-0.1, -0.05) is 0 Å². The molecule has 3 aromatic rings. The van der Waals surface area contributed by atoms with E-state index in [1.54, 1.807) is 0 Å². The molecule has 0 amide bonds. The molecule has 6 rings (SSSR count). The zero-order valence-electron chi connectivity index (χ0n) is 20.8. The summed E-state index contributed by atoms with van der Waals surface area (Å²) in [5, 5.41) is 0.911. The van der Waals surface area contributed by atoms with Crippen LogP contribution in [0.15, 0.2) is 30.3 Å². The summed E-state index contributed by atoms with van der Waals surface area (Å²) >= 11 is 0. The van der Waals surface area contributed by atoms with Gasteiger partial charge in [0.15, 0.2) is 11.4 Å². The van der Waals surface area contributed by atoms with Crippen molar-refractivity contribution in [3.63, 3.8) is 0 Å². The van der Waals surface area contributed by atoms with Crippen LogP contribution >= 0.6 is 0 Å². The molecule has 3 aliphatic rings. The van der Waals surface area contributed by atoms with Gasteiger partial charge < -0.3 is 24.0 Å². The molecule has 5 heterocycles. The van der Waals surface area contributed by atoms with Crippen LogP contribution in [0.3, 0.4) is 0 Å². The molecule has 0 N–H and O–H groups in total. The first-order chi connectivity index (χ1) is 17.6. The third-order valence-electron chi connectivity index (χ3n) is 7.38. The number of rotatable bonds is 4. The largest absolute Gasteiger partial charge is 0.492 e. The van der Waals surface area contributed by atoms with Crippen LogP contribution in [-0.4, -0.2) is 79.4 Å². The highest BCUT2D eigenvalue weighted by molar-refractivity contribution is 6.00. The van der Waals surface area contributed by atoms with Crippen LogP contribution in [0, 0.1) is 0 Å². The monoisotopic (exact) mass is 489 g/mol. The predicted molar refractivity (Wildman–Crippen MR) is 137 cm³/mol. The minimum atomic E-state index is 0.102. The van der Waals surface area contributed by atoms with Crippen molar-refractivity contribution in [3.05, 3.63) is 35.9 Å². The first-order valence-electron chi connectivity index (χ1n) is 12.7. The summed E-state index contributed by atoms with van der Waals surface area (Å²) < 4.78 is 16.9. The normalized spacial score (nSPS) is 20.8. The zero-order valence-corrected chi connectivity index (χ0v) is 20.8. The Morgan fingerprint density at radius 2 is 1.86 bits per heavy atom. The first-order valence-corrected chi connectivity index (χ1v) is 12.7. The van der Waals surface area contributed by atoms with Crippen molar-refractivity contribution in [2.45, 2.75) is 38.3 Å². The van der Waals surface area contributed by atoms with Crippen molar-refractivity contribution < 1.29 is 19.0 Å². The number of hydrogen-bond acceptors (Lipinski definition) is 9. The average molecular weight is 490 g/mol. The van der Waals surface area contributed by atoms with E-state index >= 15 is 0 Å². The van der Waals surface area contributed by atoms with Crippen molar-refractivity contribution in [2.24, 2.45) is 0 Å². The van der Waals surface area contributed by atoms with Crippen molar-refractivity contribution >= 4 is 28.6 Å². The number of carbonyl (C=O) groups is 1. The number of nitrogens with zero attached hydrogens (tertiary/aromatic N) is 5. The number of aromatic nitrogens is 3. The van der Waals surface area contributed by atoms with Crippen LogP contribution < -0.4 is 14.5 Å². The number of benzene rings is 1. The molecule has 188 valence electrons. The van der Waals surface area contributed by atoms with Gasteiger partial charge in [-0.15, -0.1) is 0 Å². The first kappa shape index (κ1) is 23.1. The second-order valence-electron chi connectivity index (χ2n) is 9.72. The maximum Gasteiger partial charge on any atom is 0.229 e. The Balaban J connectivity index is 1.45. The Morgan fingerprint density at radius 1 is 1.00 bits per heavy atom. The number of fused-ring (bicyclic) bond motifs is 2. The van der Waals surface area contributed by atoms with Crippen molar-refractivity contribution in [1.29, 1.82) is 0 Å². The quantitative estimate of drug-likeness (QED) is 0.546. The summed E-state index contributed by atoms with van der Waals surface area (Å²) in [7, 11) is 2.06. The van der Waals surface area contributed by atoms with Gasteiger partial charge in [0, 0.05) is 44.8 Å². The van der Waals surface area contributed by atoms with Gasteiger partial charge in [0.05, 0.1) is 42.5 Å². The van der Waals surface area contributed by atoms with Crippen LogP contribution in [0.25, 0.3) is 22.3 Å². The van der Waals surface area contributed by atoms with E-state index in [9.17, 15) is 4.79 Å². The molecule has 9 nitrogen and oxygen atoms in total. The SMILES string of the molecule is C[C@H]1COCCN1c1nc(N(C)C2CCOCC2)nc2nc(-c3ccc4c(c3)C(=O)CCO4)ccc12. The highest BCUT2D eigenvalue weighted by atomic mass is 16.5. The molecule has 1 atom stereocenters. The molecule has 2 saturated heterocycles. The fraction of sp³-hybridized carbons (Fsp3) is 0.481. The van der Waals surface area contributed by atoms with E-state index in [0.717, 1.165) is 55.1 Å². The average Bonchev–Trinajstić information content (AvgIpc) is 2.92. The maximum atomic E-state index is 12.5. The molecular weight excluding hydrogens is 458 g/mol. The lowest BCUT2D eigenvalue weighted by atomic mass is 10.0. The lowest BCUT2D eigenvalue weighted by molar-refractivity contribution is 0.0852. The summed E-state index contributed by atoms with van der Waals surface area (Å²) in [5.41, 5.74) is 2.90. The fourth-order valence-corrected chi connectivity index (χ4v) is 5.22. The lowest BCUT2D eigenvalue weighted by Crippen LogP contribution is -2.44. The molecule has 1 aromatic carbocycles. The highest BCUT2D eigenvalue weighted by Crippen LogP contribution is 2.33. The summed E-state index contributed by atoms with van der Waals surface area (Å²) in [6.07, 6.45) is 2.29. The molecule has 0 radical (unpaired) electrons. The number of ether oxygens (including phenoxy) is 3. The zero-order chi connectivity index (χ0) is 24.6. The van der Waals surface area contributed by atoms with Gasteiger partial charge in [-0.3, -0.25) is 4.79 Å². The van der Waals surface area contributed by atoms with E-state index < -0.39 is 0 Å². The topological polar surface area (TPSA) is 89.9 Å². The van der Waals surface area contributed by atoms with E-state index in [-0.39, 0.29) is 11.8 Å². The molecule has 2 fully saturated rings. The smallest absolute Gasteiger partial charge is 0.229 e. The van der Waals surface area contributed by atoms with Gasteiger partial charge in [-0.05, 0) is 50.1 Å². The number of hydrogen-bond donors (Lipinski definition) is 0. The van der Waals surface area contributed by atoms with Crippen LogP contribution in [0.1, 0.15) is 36.5 Å². The Kier molecular flexibility index (Phi) is 6.18. The number of morpholine rings is 1. The molecule has 3 aliphatic heterocycles. The van der Waals surface area contributed by atoms with Crippen LogP contribution in [0.2, 0.25) is 0 Å². The molecule has 9 heteroatoms. The number of Topliss-reactive ketones (excluding diaryl/α,β-unsaturated/α-hetero) is 1. The van der Waals surface area contributed by atoms with E-state index in [2.05, 4.69) is 23.8 Å². The molecule has 0 aliphatic carbocycles. The van der Waals surface area contributed by atoms with E-state index in [0.29, 0.717) is 55.2 Å². The van der Waals surface area contributed by atoms with Crippen LogP contribution in [0.4, 0.5) is 11.8 Å². The number of carbonyl (C=O) groups excluding carboxylic acids is 1. The van der Waals surface area contributed by atoms with Gasteiger partial charge in [-0.2, -0.15) is 9.97 Å². The number of pyridine rings is 1. The van der Waals surface area contributed by atoms with E-state index in [1.807, 2.05) is 30.3 Å². The van der Waals surface area contributed by atoms with Crippen LogP contribution in [-0.2, 0) is 9.47 Å². The van der Waals surface area contributed by atoms with Gasteiger partial charge in [0.25, 0.3) is 0 Å². The Labute approximate surface area is 210 Å². The predicted octanol–water partition coefficient (Wildman–Crippen LogP) is 3.50. The van der Waals surface area contributed by atoms with Gasteiger partial charge >= 0.3 is 0 Å². The summed E-state index contributed by atoms with van der Waals surface area (Å²) in [4.78, 5) is 31.9. The third kappa shape index (κ3) is 4.26. The fourth-order valence-electron chi connectivity index (χ4n) is 5.22. The van der Waals surface area contributed by atoms with Gasteiger partial charge in [-0.25, -0.2) is 4.98 Å². The minimum absolute atomic E-state index is 0.102. The molecule has 36 heavy (non-hydrogen) atoms. The molecule has 0 spiro atoms.